The van der Waals surface area contributed by atoms with Gasteiger partial charge in [-0.25, -0.2) is 0 Å². The highest BCUT2D eigenvalue weighted by Crippen LogP contribution is 2.18. The summed E-state index contributed by atoms with van der Waals surface area (Å²) in [7, 11) is 0. The average Bonchev–Trinajstić information content (AvgIpc) is 2.99. The summed E-state index contributed by atoms with van der Waals surface area (Å²) in [6.07, 6.45) is 5.57. The molecule has 2 rings (SSSR count). The van der Waals surface area contributed by atoms with Gasteiger partial charge in [-0.1, -0.05) is 0 Å². The zero-order valence-electron chi connectivity index (χ0n) is 8.31. The minimum atomic E-state index is 0.853. The minimum absolute atomic E-state index is 0.853. The van der Waals surface area contributed by atoms with E-state index in [1.807, 2.05) is 0 Å². The normalized spacial score (nSPS) is 22.2. The van der Waals surface area contributed by atoms with E-state index in [1.165, 1.54) is 25.7 Å². The van der Waals surface area contributed by atoms with Crippen molar-refractivity contribution in [3.8, 4) is 0 Å². The zero-order valence-corrected chi connectivity index (χ0v) is 8.31. The minimum Gasteiger partial charge on any atom is -0.314 e. The van der Waals surface area contributed by atoms with Gasteiger partial charge in [0.1, 0.15) is 0 Å². The standard InChI is InChI=1S/C10H21N3/c1-2-9(1)12-7-5-11-6-8-13-10-3-4-10/h9-13H,1-8H2. The molecule has 13 heavy (non-hydrogen) atoms. The Hall–Kier alpha value is -0.120. The first kappa shape index (κ1) is 9.44. The maximum Gasteiger partial charge on any atom is 0.00793 e. The summed E-state index contributed by atoms with van der Waals surface area (Å²) >= 11 is 0. The molecule has 2 aliphatic rings. The Morgan fingerprint density at radius 3 is 1.54 bits per heavy atom. The number of hydrogen-bond acceptors (Lipinski definition) is 3. The first-order valence-corrected chi connectivity index (χ1v) is 5.62. The molecule has 2 saturated carbocycles. The molecule has 0 spiro atoms. The highest BCUT2D eigenvalue weighted by Gasteiger charge is 2.20. The van der Waals surface area contributed by atoms with Gasteiger partial charge in [-0.2, -0.15) is 0 Å². The number of nitrogens with one attached hydrogen (secondary N) is 3. The molecule has 0 heterocycles. The lowest BCUT2D eigenvalue weighted by atomic mass is 10.5. The van der Waals surface area contributed by atoms with E-state index in [4.69, 9.17) is 0 Å². The molecule has 2 aliphatic carbocycles. The van der Waals surface area contributed by atoms with Crippen LogP contribution in [0, 0.1) is 0 Å². The average molecular weight is 183 g/mol. The van der Waals surface area contributed by atoms with Crippen LogP contribution in [0.1, 0.15) is 25.7 Å². The third kappa shape index (κ3) is 4.60. The molecular formula is C10H21N3. The number of rotatable bonds is 8. The van der Waals surface area contributed by atoms with E-state index in [-0.39, 0.29) is 0 Å². The fraction of sp³-hybridized carbons (Fsp3) is 1.00. The lowest BCUT2D eigenvalue weighted by molar-refractivity contribution is 0.578. The molecule has 0 amide bonds. The van der Waals surface area contributed by atoms with Crippen LogP contribution in [0.25, 0.3) is 0 Å². The van der Waals surface area contributed by atoms with Gasteiger partial charge in [-0.3, -0.25) is 0 Å². The van der Waals surface area contributed by atoms with E-state index in [1.54, 1.807) is 0 Å². The Kier molecular flexibility index (Phi) is 3.58. The highest BCUT2D eigenvalue weighted by atomic mass is 15.0. The van der Waals surface area contributed by atoms with Gasteiger partial charge in [0.2, 0.25) is 0 Å². The second-order valence-corrected chi connectivity index (χ2v) is 4.21. The summed E-state index contributed by atoms with van der Waals surface area (Å²) in [5.74, 6) is 0. The van der Waals surface area contributed by atoms with Gasteiger partial charge in [0.15, 0.2) is 0 Å². The zero-order chi connectivity index (χ0) is 8.93. The van der Waals surface area contributed by atoms with Gasteiger partial charge < -0.3 is 16.0 Å². The molecule has 0 radical (unpaired) electrons. The van der Waals surface area contributed by atoms with Crippen molar-refractivity contribution in [2.75, 3.05) is 26.2 Å². The second-order valence-electron chi connectivity index (χ2n) is 4.21. The van der Waals surface area contributed by atoms with Crippen LogP contribution in [0.15, 0.2) is 0 Å². The largest absolute Gasteiger partial charge is 0.314 e. The fourth-order valence-electron chi connectivity index (χ4n) is 1.43. The van der Waals surface area contributed by atoms with Crippen molar-refractivity contribution in [1.82, 2.24) is 16.0 Å². The Morgan fingerprint density at radius 1 is 0.692 bits per heavy atom. The lowest BCUT2D eigenvalue weighted by Gasteiger charge is -2.06. The third-order valence-electron chi connectivity index (χ3n) is 2.62. The predicted molar refractivity (Wildman–Crippen MR) is 54.9 cm³/mol. The van der Waals surface area contributed by atoms with Crippen LogP contribution in [-0.2, 0) is 0 Å². The van der Waals surface area contributed by atoms with Crippen LogP contribution in [0.5, 0.6) is 0 Å². The van der Waals surface area contributed by atoms with E-state index in [0.717, 1.165) is 38.3 Å². The Labute approximate surface area is 80.7 Å². The summed E-state index contributed by atoms with van der Waals surface area (Å²) in [6.45, 7) is 4.49. The summed E-state index contributed by atoms with van der Waals surface area (Å²) in [4.78, 5) is 0. The van der Waals surface area contributed by atoms with Crippen LogP contribution in [0.4, 0.5) is 0 Å². The molecule has 2 fully saturated rings. The van der Waals surface area contributed by atoms with Gasteiger partial charge in [-0.15, -0.1) is 0 Å². The van der Waals surface area contributed by atoms with Gasteiger partial charge >= 0.3 is 0 Å². The maximum atomic E-state index is 3.49. The van der Waals surface area contributed by atoms with Crippen LogP contribution < -0.4 is 16.0 Å². The molecule has 0 aromatic heterocycles. The molecule has 3 nitrogen and oxygen atoms in total. The van der Waals surface area contributed by atoms with Crippen molar-refractivity contribution < 1.29 is 0 Å². The molecule has 0 saturated heterocycles. The molecule has 0 bridgehead atoms. The Bertz CT molecular complexity index is 125. The maximum absolute atomic E-state index is 3.49. The monoisotopic (exact) mass is 183 g/mol. The smallest absolute Gasteiger partial charge is 0.00793 e. The third-order valence-corrected chi connectivity index (χ3v) is 2.62. The fourth-order valence-corrected chi connectivity index (χ4v) is 1.43. The first-order chi connectivity index (χ1) is 6.45. The van der Waals surface area contributed by atoms with Gasteiger partial charge in [0.25, 0.3) is 0 Å². The second kappa shape index (κ2) is 4.94. The topological polar surface area (TPSA) is 36.1 Å². The van der Waals surface area contributed by atoms with Crippen molar-refractivity contribution in [3.63, 3.8) is 0 Å². The van der Waals surface area contributed by atoms with Crippen molar-refractivity contribution in [3.05, 3.63) is 0 Å². The van der Waals surface area contributed by atoms with Crippen LogP contribution in [-0.4, -0.2) is 38.3 Å². The molecule has 3 heteroatoms. The predicted octanol–water partition coefficient (Wildman–Crippen LogP) is 0.0800. The molecule has 0 aromatic rings. The van der Waals surface area contributed by atoms with Crippen molar-refractivity contribution in [2.24, 2.45) is 0 Å². The summed E-state index contributed by atoms with van der Waals surface area (Å²) < 4.78 is 0. The van der Waals surface area contributed by atoms with Crippen LogP contribution in [0.3, 0.4) is 0 Å². The van der Waals surface area contributed by atoms with E-state index in [0.29, 0.717) is 0 Å². The van der Waals surface area contributed by atoms with E-state index < -0.39 is 0 Å². The highest BCUT2D eigenvalue weighted by molar-refractivity contribution is 4.81. The van der Waals surface area contributed by atoms with Crippen LogP contribution in [0.2, 0.25) is 0 Å². The molecule has 0 unspecified atom stereocenters. The summed E-state index contributed by atoms with van der Waals surface area (Å²) in [5.41, 5.74) is 0. The van der Waals surface area contributed by atoms with E-state index in [9.17, 15) is 0 Å². The molecule has 0 aromatic carbocycles. The molecule has 76 valence electrons. The van der Waals surface area contributed by atoms with Crippen molar-refractivity contribution in [2.45, 2.75) is 37.8 Å². The SMILES string of the molecule is C(CNC1CC1)NCCNC1CC1. The van der Waals surface area contributed by atoms with Gasteiger partial charge in [0.05, 0.1) is 0 Å². The summed E-state index contributed by atoms with van der Waals surface area (Å²) in [5, 5.41) is 10.4. The number of hydrogen-bond donors (Lipinski definition) is 3. The van der Waals surface area contributed by atoms with Crippen molar-refractivity contribution in [1.29, 1.82) is 0 Å². The molecule has 0 atom stereocenters. The molecule has 3 N–H and O–H groups in total. The van der Waals surface area contributed by atoms with Crippen LogP contribution >= 0.6 is 0 Å². The van der Waals surface area contributed by atoms with E-state index in [2.05, 4.69) is 16.0 Å². The lowest BCUT2D eigenvalue weighted by Crippen LogP contribution is -2.33. The van der Waals surface area contributed by atoms with Crippen molar-refractivity contribution >= 4 is 0 Å². The molecular weight excluding hydrogens is 162 g/mol. The quantitative estimate of drug-likeness (QED) is 0.466. The Morgan fingerprint density at radius 2 is 1.15 bits per heavy atom. The van der Waals surface area contributed by atoms with Gasteiger partial charge in [-0.05, 0) is 25.7 Å². The summed E-state index contributed by atoms with van der Waals surface area (Å²) in [6, 6.07) is 1.71. The first-order valence-electron chi connectivity index (χ1n) is 5.62. The Balaban J connectivity index is 1.28. The van der Waals surface area contributed by atoms with Gasteiger partial charge in [0, 0.05) is 38.3 Å². The molecule has 0 aliphatic heterocycles. The van der Waals surface area contributed by atoms with E-state index >= 15 is 0 Å².